The van der Waals surface area contributed by atoms with Crippen molar-refractivity contribution in [2.75, 3.05) is 13.7 Å². The summed E-state index contributed by atoms with van der Waals surface area (Å²) in [5.74, 6) is 0.800. The van der Waals surface area contributed by atoms with E-state index in [4.69, 9.17) is 14.2 Å². The molecule has 0 saturated heterocycles. The highest BCUT2D eigenvalue weighted by atomic mass is 127. The molecule has 2 heterocycles. The van der Waals surface area contributed by atoms with Gasteiger partial charge in [0.05, 0.1) is 36.2 Å². The van der Waals surface area contributed by atoms with Crippen LogP contribution in [0.3, 0.4) is 0 Å². The second-order valence-corrected chi connectivity index (χ2v) is 13.1. The molecule has 0 radical (unpaired) electrons. The van der Waals surface area contributed by atoms with E-state index < -0.39 is 12.0 Å². The molecule has 4 rings (SSSR count). The van der Waals surface area contributed by atoms with E-state index in [-0.39, 0.29) is 11.7 Å². The summed E-state index contributed by atoms with van der Waals surface area (Å²) in [6.45, 7) is 9.45. The van der Waals surface area contributed by atoms with Crippen molar-refractivity contribution in [3.63, 3.8) is 0 Å². The van der Waals surface area contributed by atoms with Crippen molar-refractivity contribution in [3.05, 3.63) is 96.7 Å². The molecule has 0 spiro atoms. The van der Waals surface area contributed by atoms with E-state index in [1.165, 1.54) is 11.3 Å². The summed E-state index contributed by atoms with van der Waals surface area (Å²) in [4.78, 5) is 32.5. The molecule has 0 amide bonds. The fraction of sp³-hybridized carbons (Fsp3) is 0.250. The molecule has 1 aromatic heterocycles. The van der Waals surface area contributed by atoms with Gasteiger partial charge in [0.25, 0.3) is 5.56 Å². The lowest BCUT2D eigenvalue weighted by Gasteiger charge is -2.26. The van der Waals surface area contributed by atoms with E-state index in [1.807, 2.05) is 30.3 Å². The van der Waals surface area contributed by atoms with Gasteiger partial charge in [0, 0.05) is 10.0 Å². The number of nitrogens with zero attached hydrogens (tertiary/aromatic N) is 2. The second-order valence-electron chi connectivity index (χ2n) is 8.84. The van der Waals surface area contributed by atoms with E-state index in [2.05, 4.69) is 72.7 Å². The Morgan fingerprint density at radius 3 is 2.56 bits per heavy atom. The lowest BCUT2D eigenvalue weighted by Crippen LogP contribution is -2.40. The summed E-state index contributed by atoms with van der Waals surface area (Å²) in [6.07, 6.45) is 3.20. The molecule has 2 aromatic carbocycles. The second kappa shape index (κ2) is 12.7. The van der Waals surface area contributed by atoms with Crippen LogP contribution in [0, 0.1) is 7.14 Å². The Hall–Kier alpha value is -1.97. The van der Waals surface area contributed by atoms with Crippen LogP contribution in [0.4, 0.5) is 0 Å². The van der Waals surface area contributed by atoms with E-state index in [0.29, 0.717) is 38.5 Å². The highest BCUT2D eigenvalue weighted by Crippen LogP contribution is 2.37. The van der Waals surface area contributed by atoms with E-state index >= 15 is 0 Å². The van der Waals surface area contributed by atoms with Crippen LogP contribution in [0.1, 0.15) is 37.9 Å². The predicted octanol–water partition coefficient (Wildman–Crippen LogP) is 5.73. The Morgan fingerprint density at radius 2 is 1.95 bits per heavy atom. The maximum Gasteiger partial charge on any atom is 0.338 e. The summed E-state index contributed by atoms with van der Waals surface area (Å²) in [7, 11) is 1.56. The molecule has 1 aliphatic heterocycles. The fourth-order valence-electron chi connectivity index (χ4n) is 4.17. The summed E-state index contributed by atoms with van der Waals surface area (Å²) < 4.78 is 21.7. The predicted molar refractivity (Wildman–Crippen MR) is 173 cm³/mol. The molecule has 11 heteroatoms. The third kappa shape index (κ3) is 6.35. The molecule has 0 bridgehead atoms. The highest BCUT2D eigenvalue weighted by molar-refractivity contribution is 14.1. The zero-order chi connectivity index (χ0) is 28.4. The van der Waals surface area contributed by atoms with Crippen LogP contribution in [-0.2, 0) is 9.53 Å². The van der Waals surface area contributed by atoms with Crippen molar-refractivity contribution in [2.45, 2.75) is 32.9 Å². The molecule has 0 N–H and O–H groups in total. The van der Waals surface area contributed by atoms with E-state index in [9.17, 15) is 9.59 Å². The molecular weight excluding hydrogens is 810 g/mol. The number of fused-ring (bicyclic) bond motifs is 1. The Morgan fingerprint density at radius 1 is 1.26 bits per heavy atom. The minimum atomic E-state index is -0.781. The first-order valence-corrected chi connectivity index (χ1v) is 15.6. The van der Waals surface area contributed by atoms with E-state index in [0.717, 1.165) is 22.9 Å². The van der Waals surface area contributed by atoms with Crippen LogP contribution in [0.5, 0.6) is 11.5 Å². The minimum absolute atomic E-state index is 0.259. The molecule has 204 valence electrons. The van der Waals surface area contributed by atoms with Gasteiger partial charge in [0.1, 0.15) is 24.1 Å². The molecule has 0 fully saturated rings. The summed E-state index contributed by atoms with van der Waals surface area (Å²) in [5.41, 5.74) is 2.04. The van der Waals surface area contributed by atoms with Gasteiger partial charge in [-0.2, -0.15) is 0 Å². The molecule has 0 unspecified atom stereocenters. The number of hydrogen-bond acceptors (Lipinski definition) is 7. The van der Waals surface area contributed by atoms with E-state index in [1.54, 1.807) is 44.6 Å². The number of hydrogen-bond donors (Lipinski definition) is 0. The first-order valence-electron chi connectivity index (χ1n) is 11.8. The topological polar surface area (TPSA) is 79.1 Å². The number of carbonyl (C=O) groups excluding carboxylic acids is 1. The van der Waals surface area contributed by atoms with Gasteiger partial charge in [-0.3, -0.25) is 9.36 Å². The Labute approximate surface area is 265 Å². The third-order valence-electron chi connectivity index (χ3n) is 5.73. The largest absolute Gasteiger partial charge is 0.496 e. The molecule has 7 nitrogen and oxygen atoms in total. The zero-order valence-corrected chi connectivity index (χ0v) is 28.3. The number of ether oxygens (including phenoxy) is 3. The maximum atomic E-state index is 14.0. The lowest BCUT2D eigenvalue weighted by molar-refractivity contribution is -0.143. The van der Waals surface area contributed by atoms with Crippen molar-refractivity contribution in [2.24, 2.45) is 4.99 Å². The molecular formula is C28H25BrI2N2O5S. The van der Waals surface area contributed by atoms with Gasteiger partial charge in [-0.15, -0.1) is 0 Å². The van der Waals surface area contributed by atoms with Crippen LogP contribution < -0.4 is 24.4 Å². The maximum absolute atomic E-state index is 14.0. The fourth-order valence-corrected chi connectivity index (χ4v) is 7.72. The molecule has 0 saturated carbocycles. The van der Waals surface area contributed by atoms with Gasteiger partial charge in [-0.1, -0.05) is 39.9 Å². The number of rotatable bonds is 8. The van der Waals surface area contributed by atoms with Gasteiger partial charge >= 0.3 is 5.97 Å². The molecule has 0 aliphatic carbocycles. The molecule has 1 atom stereocenters. The molecule has 1 aliphatic rings. The average molecular weight is 835 g/mol. The Kier molecular flexibility index (Phi) is 9.76. The van der Waals surface area contributed by atoms with Crippen molar-refractivity contribution in [1.29, 1.82) is 0 Å². The first-order chi connectivity index (χ1) is 18.5. The van der Waals surface area contributed by atoms with Crippen LogP contribution in [-0.4, -0.2) is 30.4 Å². The third-order valence-corrected chi connectivity index (χ3v) is 8.81. The number of esters is 1. The van der Waals surface area contributed by atoms with Crippen LogP contribution in [0.25, 0.3) is 6.08 Å². The number of methoxy groups -OCH3 is 1. The summed E-state index contributed by atoms with van der Waals surface area (Å²) >= 11 is 9.25. The van der Waals surface area contributed by atoms with Crippen molar-refractivity contribution < 1.29 is 19.0 Å². The Bertz CT molecular complexity index is 1650. The highest BCUT2D eigenvalue weighted by Gasteiger charge is 2.35. The van der Waals surface area contributed by atoms with Crippen LogP contribution in [0.2, 0.25) is 0 Å². The van der Waals surface area contributed by atoms with Crippen molar-refractivity contribution in [3.8, 4) is 11.5 Å². The van der Waals surface area contributed by atoms with Crippen LogP contribution >= 0.6 is 72.4 Å². The molecule has 39 heavy (non-hydrogen) atoms. The minimum Gasteiger partial charge on any atom is -0.496 e. The smallest absolute Gasteiger partial charge is 0.338 e. The van der Waals surface area contributed by atoms with Gasteiger partial charge in [-0.25, -0.2) is 9.79 Å². The SMILES string of the molecule is C=CCOc1c(I)cc(/C=c2\sc3n(c2=O)[C@@H](c2cc(Br)ccc2OC)C(C(=O)OC(C)C)=C(C)N=3)cc1I. The van der Waals surface area contributed by atoms with Crippen molar-refractivity contribution >= 4 is 84.5 Å². The van der Waals surface area contributed by atoms with Crippen molar-refractivity contribution in [1.82, 2.24) is 4.57 Å². The molecule has 3 aromatic rings. The van der Waals surface area contributed by atoms with Gasteiger partial charge in [0.2, 0.25) is 0 Å². The Balaban J connectivity index is 1.94. The first kappa shape index (κ1) is 30.0. The zero-order valence-electron chi connectivity index (χ0n) is 21.6. The number of thiazole rings is 1. The summed E-state index contributed by atoms with van der Waals surface area (Å²) in [6, 6.07) is 8.65. The monoisotopic (exact) mass is 834 g/mol. The quantitative estimate of drug-likeness (QED) is 0.165. The van der Waals surface area contributed by atoms with Crippen LogP contribution in [0.15, 0.2) is 68.5 Å². The average Bonchev–Trinajstić information content (AvgIpc) is 3.16. The number of aromatic nitrogens is 1. The number of carbonyl (C=O) groups is 1. The van der Waals surface area contributed by atoms with Gasteiger partial charge < -0.3 is 14.2 Å². The number of benzene rings is 2. The van der Waals surface area contributed by atoms with Gasteiger partial charge in [0.15, 0.2) is 4.80 Å². The van der Waals surface area contributed by atoms with Gasteiger partial charge in [-0.05, 0) is 108 Å². The lowest BCUT2D eigenvalue weighted by atomic mass is 9.95. The standard InChI is InChI=1S/C28H25BrI2N2O5S/c1-6-9-37-25-19(30)10-16(11-20(25)31)12-22-26(34)33-24(18-13-17(29)7-8-21(18)36-5)23(27(35)38-14(2)3)15(4)32-28(33)39-22/h6-8,10-14,24H,1,9H2,2-5H3/b22-12-/t24-/m0/s1. The normalized spacial score (nSPS) is 15.2. The number of allylic oxidation sites excluding steroid dienone is 1. The number of halogens is 3. The summed E-state index contributed by atoms with van der Waals surface area (Å²) in [5, 5.41) is 0.